The van der Waals surface area contributed by atoms with E-state index in [9.17, 15) is 4.39 Å². The Labute approximate surface area is 156 Å². The molecule has 0 aromatic carbocycles. The van der Waals surface area contributed by atoms with Crippen molar-refractivity contribution in [2.45, 2.75) is 31.0 Å². The van der Waals surface area contributed by atoms with Crippen LogP contribution in [0.1, 0.15) is 24.3 Å². The molecular weight excluding hydrogens is 345 g/mol. The zero-order valence-corrected chi connectivity index (χ0v) is 15.2. The van der Waals surface area contributed by atoms with Gasteiger partial charge in [0.15, 0.2) is 0 Å². The van der Waals surface area contributed by atoms with Crippen molar-refractivity contribution in [3.63, 3.8) is 0 Å². The minimum atomic E-state index is -0.903. The average Bonchev–Trinajstić information content (AvgIpc) is 3.34. The Bertz CT molecular complexity index is 984. The van der Waals surface area contributed by atoms with Gasteiger partial charge in [-0.3, -0.25) is 4.40 Å². The summed E-state index contributed by atoms with van der Waals surface area (Å²) in [4.78, 5) is 9.22. The summed E-state index contributed by atoms with van der Waals surface area (Å²) in [6.45, 7) is 0.990. The quantitative estimate of drug-likeness (QED) is 0.726. The fraction of sp³-hybridized carbons (Fsp3) is 0.400. The summed E-state index contributed by atoms with van der Waals surface area (Å²) >= 11 is 0. The topological polar surface area (TPSA) is 63.5 Å². The molecule has 4 heterocycles. The van der Waals surface area contributed by atoms with E-state index in [1.807, 2.05) is 30.5 Å². The standard InChI is InChI=1S/C20H22FN5O/c1-27-18-7-20-23-10-17(26(20)11-13(18)12-5-6-12)15-3-2-4-19(24-15)25-16-9-22-8-14(16)21/h2-4,7,10-12,14,16,22H,5-6,8-9H2,1H3,(H,24,25)/t14?,16-/m0/s1. The van der Waals surface area contributed by atoms with Crippen LogP contribution in [0.15, 0.2) is 36.7 Å². The van der Waals surface area contributed by atoms with Gasteiger partial charge in [-0.1, -0.05) is 6.07 Å². The molecule has 1 aliphatic carbocycles. The lowest BCUT2D eigenvalue weighted by Crippen LogP contribution is -2.29. The van der Waals surface area contributed by atoms with Crippen LogP contribution in [0, 0.1) is 0 Å². The molecule has 3 aromatic heterocycles. The van der Waals surface area contributed by atoms with Gasteiger partial charge in [-0.2, -0.15) is 0 Å². The number of rotatable bonds is 5. The Morgan fingerprint density at radius 1 is 1.30 bits per heavy atom. The maximum absolute atomic E-state index is 13.9. The molecule has 3 aromatic rings. The summed E-state index contributed by atoms with van der Waals surface area (Å²) in [6, 6.07) is 7.49. The van der Waals surface area contributed by atoms with Crippen molar-refractivity contribution in [3.05, 3.63) is 42.2 Å². The second-order valence-corrected chi connectivity index (χ2v) is 7.28. The molecule has 0 radical (unpaired) electrons. The second-order valence-electron chi connectivity index (χ2n) is 7.28. The number of ether oxygens (including phenoxy) is 1. The number of anilines is 1. The molecule has 0 spiro atoms. The lowest BCUT2D eigenvalue weighted by atomic mass is 10.1. The Morgan fingerprint density at radius 2 is 2.19 bits per heavy atom. The van der Waals surface area contributed by atoms with Crippen LogP contribution in [0.4, 0.5) is 10.2 Å². The van der Waals surface area contributed by atoms with Crippen molar-refractivity contribution in [1.82, 2.24) is 19.7 Å². The molecule has 5 rings (SSSR count). The SMILES string of the molecule is COc1cc2ncc(-c3cccc(N[C@H]4CNCC4F)n3)n2cc1C1CC1. The van der Waals surface area contributed by atoms with Crippen LogP contribution in [-0.4, -0.2) is 46.8 Å². The first-order chi connectivity index (χ1) is 13.2. The number of hydrogen-bond donors (Lipinski definition) is 2. The van der Waals surface area contributed by atoms with Crippen molar-refractivity contribution in [2.75, 3.05) is 25.5 Å². The van der Waals surface area contributed by atoms with E-state index in [0.29, 0.717) is 24.8 Å². The van der Waals surface area contributed by atoms with Gasteiger partial charge in [-0.15, -0.1) is 0 Å². The number of hydrogen-bond acceptors (Lipinski definition) is 5. The average molecular weight is 367 g/mol. The number of nitrogens with zero attached hydrogens (tertiary/aromatic N) is 3. The largest absolute Gasteiger partial charge is 0.496 e. The van der Waals surface area contributed by atoms with Gasteiger partial charge in [0.25, 0.3) is 0 Å². The minimum Gasteiger partial charge on any atom is -0.496 e. The Morgan fingerprint density at radius 3 is 2.93 bits per heavy atom. The van der Waals surface area contributed by atoms with E-state index in [4.69, 9.17) is 9.72 Å². The summed E-state index contributed by atoms with van der Waals surface area (Å²) in [5.74, 6) is 2.14. The van der Waals surface area contributed by atoms with Crippen LogP contribution in [0.3, 0.4) is 0 Å². The van der Waals surface area contributed by atoms with E-state index < -0.39 is 6.17 Å². The smallest absolute Gasteiger partial charge is 0.140 e. The number of methoxy groups -OCH3 is 1. The predicted molar refractivity (Wildman–Crippen MR) is 102 cm³/mol. The predicted octanol–water partition coefficient (Wildman–Crippen LogP) is 3.00. The van der Waals surface area contributed by atoms with Crippen LogP contribution in [0.2, 0.25) is 0 Å². The number of fused-ring (bicyclic) bond motifs is 1. The third-order valence-electron chi connectivity index (χ3n) is 5.36. The van der Waals surface area contributed by atoms with E-state index in [-0.39, 0.29) is 6.04 Å². The normalized spacial score (nSPS) is 22.3. The molecule has 2 fully saturated rings. The van der Waals surface area contributed by atoms with Gasteiger partial charge < -0.3 is 15.4 Å². The highest BCUT2D eigenvalue weighted by atomic mass is 19.1. The molecule has 1 aliphatic heterocycles. The van der Waals surface area contributed by atoms with Crippen molar-refractivity contribution < 1.29 is 9.13 Å². The zero-order chi connectivity index (χ0) is 18.4. The number of imidazole rings is 1. The number of alkyl halides is 1. The van der Waals surface area contributed by atoms with Gasteiger partial charge in [0.2, 0.25) is 0 Å². The fourth-order valence-electron chi connectivity index (χ4n) is 3.72. The van der Waals surface area contributed by atoms with Crippen molar-refractivity contribution in [3.8, 4) is 17.1 Å². The van der Waals surface area contributed by atoms with Gasteiger partial charge in [-0.05, 0) is 30.9 Å². The number of nitrogens with one attached hydrogen (secondary N) is 2. The molecule has 2 aliphatic rings. The maximum atomic E-state index is 13.9. The van der Waals surface area contributed by atoms with Crippen LogP contribution < -0.4 is 15.4 Å². The number of pyridine rings is 2. The lowest BCUT2D eigenvalue weighted by molar-refractivity contribution is 0.342. The van der Waals surface area contributed by atoms with Crippen LogP contribution in [0.5, 0.6) is 5.75 Å². The first-order valence-corrected chi connectivity index (χ1v) is 9.36. The van der Waals surface area contributed by atoms with Crippen molar-refractivity contribution in [1.29, 1.82) is 0 Å². The van der Waals surface area contributed by atoms with E-state index in [1.165, 1.54) is 18.4 Å². The van der Waals surface area contributed by atoms with Crippen molar-refractivity contribution in [2.24, 2.45) is 0 Å². The molecule has 2 N–H and O–H groups in total. The first kappa shape index (κ1) is 16.5. The molecule has 0 amide bonds. The van der Waals surface area contributed by atoms with E-state index in [1.54, 1.807) is 7.11 Å². The monoisotopic (exact) mass is 367 g/mol. The summed E-state index contributed by atoms with van der Waals surface area (Å²) in [7, 11) is 1.70. The third kappa shape index (κ3) is 3.02. The molecule has 1 unspecified atom stereocenters. The molecule has 27 heavy (non-hydrogen) atoms. The Kier molecular flexibility index (Phi) is 3.97. The van der Waals surface area contributed by atoms with E-state index in [0.717, 1.165) is 22.8 Å². The summed E-state index contributed by atoms with van der Waals surface area (Å²) in [6.07, 6.45) is 5.44. The Balaban J connectivity index is 1.51. The summed E-state index contributed by atoms with van der Waals surface area (Å²) < 4.78 is 21.5. The highest BCUT2D eigenvalue weighted by Crippen LogP contribution is 2.44. The zero-order valence-electron chi connectivity index (χ0n) is 15.2. The van der Waals surface area contributed by atoms with Crippen LogP contribution in [-0.2, 0) is 0 Å². The molecular formula is C20H22FN5O. The first-order valence-electron chi connectivity index (χ1n) is 9.36. The van der Waals surface area contributed by atoms with Crippen LogP contribution >= 0.6 is 0 Å². The second kappa shape index (κ2) is 6.49. The third-order valence-corrected chi connectivity index (χ3v) is 5.36. The number of halogens is 1. The van der Waals surface area contributed by atoms with Gasteiger partial charge in [-0.25, -0.2) is 14.4 Å². The van der Waals surface area contributed by atoms with Crippen molar-refractivity contribution >= 4 is 11.5 Å². The van der Waals surface area contributed by atoms with Gasteiger partial charge in [0.05, 0.1) is 30.7 Å². The summed E-state index contributed by atoms with van der Waals surface area (Å²) in [5.41, 5.74) is 3.77. The highest BCUT2D eigenvalue weighted by molar-refractivity contribution is 5.64. The molecule has 1 saturated carbocycles. The minimum absolute atomic E-state index is 0.249. The van der Waals surface area contributed by atoms with Crippen LogP contribution in [0.25, 0.3) is 17.0 Å². The molecule has 2 atom stereocenters. The number of aromatic nitrogens is 3. The summed E-state index contributed by atoms with van der Waals surface area (Å²) in [5, 5.41) is 6.25. The van der Waals surface area contributed by atoms with Gasteiger partial charge >= 0.3 is 0 Å². The maximum Gasteiger partial charge on any atom is 0.140 e. The highest BCUT2D eigenvalue weighted by Gasteiger charge is 2.28. The molecule has 140 valence electrons. The van der Waals surface area contributed by atoms with E-state index >= 15 is 0 Å². The molecule has 6 nitrogen and oxygen atoms in total. The molecule has 7 heteroatoms. The molecule has 0 bridgehead atoms. The van der Waals surface area contributed by atoms with Gasteiger partial charge in [0.1, 0.15) is 23.4 Å². The molecule has 1 saturated heterocycles. The lowest BCUT2D eigenvalue weighted by Gasteiger charge is -2.15. The van der Waals surface area contributed by atoms with Gasteiger partial charge in [0, 0.05) is 30.9 Å². The van der Waals surface area contributed by atoms with E-state index in [2.05, 4.69) is 26.2 Å². The Hall–Kier alpha value is -2.67. The fourth-order valence-corrected chi connectivity index (χ4v) is 3.72.